The van der Waals surface area contributed by atoms with E-state index in [9.17, 15) is 0 Å². The number of ether oxygens (including phenoxy) is 2. The molecule has 25 heavy (non-hydrogen) atoms. The van der Waals surface area contributed by atoms with Crippen LogP contribution < -0.4 is 0 Å². The van der Waals surface area contributed by atoms with Crippen LogP contribution >= 0.6 is 0 Å². The number of likely N-dealkylation sites (N-methyl/N-ethyl adjacent to an activating group) is 1. The fourth-order valence-electron chi connectivity index (χ4n) is 4.54. The number of methoxy groups -OCH3 is 1. The van der Waals surface area contributed by atoms with Gasteiger partial charge in [-0.05, 0) is 37.4 Å². The summed E-state index contributed by atoms with van der Waals surface area (Å²) in [6, 6.07) is 22.2. The summed E-state index contributed by atoms with van der Waals surface area (Å²) >= 11 is 0. The second kappa shape index (κ2) is 7.28. The van der Waals surface area contributed by atoms with Crippen LogP contribution in [0.15, 0.2) is 60.7 Å². The molecule has 0 N–H and O–H groups in total. The molecule has 2 heterocycles. The topological polar surface area (TPSA) is 21.7 Å². The minimum Gasteiger partial charge on any atom is -0.380 e. The second-order valence-corrected chi connectivity index (χ2v) is 7.33. The molecule has 3 heteroatoms. The molecule has 0 aliphatic carbocycles. The van der Waals surface area contributed by atoms with Crippen molar-refractivity contribution in [2.24, 2.45) is 0 Å². The van der Waals surface area contributed by atoms with Crippen LogP contribution in [0.5, 0.6) is 0 Å². The van der Waals surface area contributed by atoms with Gasteiger partial charge in [-0.15, -0.1) is 0 Å². The molecule has 2 fully saturated rings. The van der Waals surface area contributed by atoms with Crippen molar-refractivity contribution in [3.63, 3.8) is 0 Å². The van der Waals surface area contributed by atoms with Crippen molar-refractivity contribution in [3.05, 3.63) is 71.8 Å². The Morgan fingerprint density at radius 1 is 0.880 bits per heavy atom. The quantitative estimate of drug-likeness (QED) is 0.822. The van der Waals surface area contributed by atoms with E-state index in [4.69, 9.17) is 9.47 Å². The summed E-state index contributed by atoms with van der Waals surface area (Å²) in [5, 5.41) is 0. The van der Waals surface area contributed by atoms with Gasteiger partial charge in [0.2, 0.25) is 0 Å². The highest BCUT2D eigenvalue weighted by atomic mass is 16.5. The van der Waals surface area contributed by atoms with Crippen molar-refractivity contribution >= 4 is 0 Å². The lowest BCUT2D eigenvalue weighted by Gasteiger charge is -2.38. The summed E-state index contributed by atoms with van der Waals surface area (Å²) in [5.41, 5.74) is 2.45. The van der Waals surface area contributed by atoms with Gasteiger partial charge in [0.25, 0.3) is 0 Å². The van der Waals surface area contributed by atoms with E-state index in [2.05, 4.69) is 72.6 Å². The predicted molar refractivity (Wildman–Crippen MR) is 99.6 cm³/mol. The number of hydrogen-bond acceptors (Lipinski definition) is 3. The first kappa shape index (κ1) is 16.8. The fraction of sp³-hybridized carbons (Fsp3) is 0.455. The zero-order chi connectivity index (χ0) is 17.2. The molecule has 0 saturated carbocycles. The molecule has 3 nitrogen and oxygen atoms in total. The third-order valence-electron chi connectivity index (χ3n) is 5.91. The lowest BCUT2D eigenvalue weighted by molar-refractivity contribution is -0.0523. The first-order valence-electron chi connectivity index (χ1n) is 9.26. The number of piperidine rings is 1. The van der Waals surface area contributed by atoms with E-state index in [1.54, 1.807) is 0 Å². The monoisotopic (exact) mass is 337 g/mol. The highest BCUT2D eigenvalue weighted by Gasteiger charge is 2.46. The maximum Gasteiger partial charge on any atom is 0.108 e. The summed E-state index contributed by atoms with van der Waals surface area (Å²) in [4.78, 5) is 2.49. The first-order valence-corrected chi connectivity index (χ1v) is 9.26. The Morgan fingerprint density at radius 2 is 1.48 bits per heavy atom. The molecule has 132 valence electrons. The maximum absolute atomic E-state index is 6.70. The molecule has 0 aromatic heterocycles. The van der Waals surface area contributed by atoms with Gasteiger partial charge in [-0.3, -0.25) is 4.90 Å². The molecule has 2 saturated heterocycles. The third kappa shape index (κ3) is 3.37. The molecule has 4 atom stereocenters. The summed E-state index contributed by atoms with van der Waals surface area (Å²) in [7, 11) is 4.07. The van der Waals surface area contributed by atoms with Crippen LogP contribution in [-0.4, -0.2) is 43.3 Å². The maximum atomic E-state index is 6.70. The molecule has 2 aliphatic rings. The normalized spacial score (nSPS) is 29.2. The van der Waals surface area contributed by atoms with Gasteiger partial charge in [0.05, 0.1) is 12.2 Å². The van der Waals surface area contributed by atoms with Gasteiger partial charge in [0.15, 0.2) is 0 Å². The molecular formula is C22H27NO2. The predicted octanol–water partition coefficient (Wildman–Crippen LogP) is 4.04. The summed E-state index contributed by atoms with van der Waals surface area (Å²) in [6.45, 7) is 0. The number of fused-ring (bicyclic) bond motifs is 2. The van der Waals surface area contributed by atoms with Crippen LogP contribution in [0.4, 0.5) is 0 Å². The van der Waals surface area contributed by atoms with Crippen LogP contribution in [0.2, 0.25) is 0 Å². The average molecular weight is 337 g/mol. The van der Waals surface area contributed by atoms with Gasteiger partial charge in [0.1, 0.15) is 6.10 Å². The van der Waals surface area contributed by atoms with Crippen LogP contribution in [0, 0.1) is 0 Å². The Labute approximate surface area is 150 Å². The lowest BCUT2D eigenvalue weighted by Crippen LogP contribution is -2.45. The van der Waals surface area contributed by atoms with Gasteiger partial charge in [-0.2, -0.15) is 0 Å². The molecular weight excluding hydrogens is 310 g/mol. The molecule has 0 spiro atoms. The van der Waals surface area contributed by atoms with E-state index in [0.717, 1.165) is 19.3 Å². The SMILES string of the molecule is CO[C@@H]1CC2C[C@@H](OC(c3ccccc3)c3ccccc3)CC1N2C. The van der Waals surface area contributed by atoms with Gasteiger partial charge in [-0.1, -0.05) is 60.7 Å². The van der Waals surface area contributed by atoms with Crippen molar-refractivity contribution in [1.82, 2.24) is 4.90 Å². The van der Waals surface area contributed by atoms with Crippen molar-refractivity contribution in [2.75, 3.05) is 14.2 Å². The Hall–Kier alpha value is -1.68. The van der Waals surface area contributed by atoms with E-state index >= 15 is 0 Å². The molecule has 2 aromatic rings. The molecule has 2 aliphatic heterocycles. The van der Waals surface area contributed by atoms with Gasteiger partial charge in [0, 0.05) is 19.2 Å². The Balaban J connectivity index is 1.56. The number of hydrogen-bond donors (Lipinski definition) is 0. The Morgan fingerprint density at radius 3 is 2.04 bits per heavy atom. The van der Waals surface area contributed by atoms with Crippen LogP contribution in [0.3, 0.4) is 0 Å². The second-order valence-electron chi connectivity index (χ2n) is 7.33. The van der Waals surface area contributed by atoms with E-state index in [-0.39, 0.29) is 12.2 Å². The first-order chi connectivity index (χ1) is 12.3. The molecule has 4 rings (SSSR count). The number of benzene rings is 2. The van der Waals surface area contributed by atoms with E-state index < -0.39 is 0 Å². The lowest BCUT2D eigenvalue weighted by atomic mass is 9.97. The van der Waals surface area contributed by atoms with Crippen molar-refractivity contribution in [3.8, 4) is 0 Å². The molecule has 0 radical (unpaired) electrons. The van der Waals surface area contributed by atoms with Crippen LogP contribution in [-0.2, 0) is 9.47 Å². The average Bonchev–Trinajstić information content (AvgIpc) is 2.85. The van der Waals surface area contributed by atoms with E-state index in [0.29, 0.717) is 18.2 Å². The summed E-state index contributed by atoms with van der Waals surface area (Å²) in [5.74, 6) is 0. The zero-order valence-corrected chi connectivity index (χ0v) is 15.0. The molecule has 2 aromatic carbocycles. The Kier molecular flexibility index (Phi) is 4.89. The molecule has 0 amide bonds. The van der Waals surface area contributed by atoms with Gasteiger partial charge >= 0.3 is 0 Å². The van der Waals surface area contributed by atoms with Crippen LogP contribution in [0.25, 0.3) is 0 Å². The molecule has 2 bridgehead atoms. The third-order valence-corrected chi connectivity index (χ3v) is 5.91. The minimum atomic E-state index is -0.00352. The number of nitrogens with zero attached hydrogens (tertiary/aromatic N) is 1. The summed E-state index contributed by atoms with van der Waals surface area (Å²) in [6.07, 6.45) is 3.87. The zero-order valence-electron chi connectivity index (χ0n) is 15.0. The van der Waals surface area contributed by atoms with E-state index in [1.165, 1.54) is 11.1 Å². The fourth-order valence-corrected chi connectivity index (χ4v) is 4.54. The number of rotatable bonds is 5. The molecule has 2 unspecified atom stereocenters. The Bertz CT molecular complexity index is 635. The smallest absolute Gasteiger partial charge is 0.108 e. The standard InChI is InChI=1S/C22H27NO2/c1-23-18-13-19(15-20(23)21(14-18)24-2)25-22(16-9-5-3-6-10-16)17-11-7-4-8-12-17/h3-12,18-22H,13-15H2,1-2H3/t18?,19-,20?,21-/m1/s1. The highest BCUT2D eigenvalue weighted by molar-refractivity contribution is 5.30. The van der Waals surface area contributed by atoms with Gasteiger partial charge < -0.3 is 9.47 Å². The largest absolute Gasteiger partial charge is 0.380 e. The van der Waals surface area contributed by atoms with Crippen molar-refractivity contribution in [1.29, 1.82) is 0 Å². The van der Waals surface area contributed by atoms with E-state index in [1.807, 2.05) is 7.11 Å². The van der Waals surface area contributed by atoms with Crippen molar-refractivity contribution in [2.45, 2.75) is 49.7 Å². The van der Waals surface area contributed by atoms with Crippen LogP contribution in [0.1, 0.15) is 36.5 Å². The summed E-state index contributed by atoms with van der Waals surface area (Å²) < 4.78 is 12.4. The minimum absolute atomic E-state index is 0.00352. The van der Waals surface area contributed by atoms with Gasteiger partial charge in [-0.25, -0.2) is 0 Å². The van der Waals surface area contributed by atoms with Crippen molar-refractivity contribution < 1.29 is 9.47 Å². The highest BCUT2D eigenvalue weighted by Crippen LogP contribution is 2.39.